The number of nitrogens with one attached hydrogen (secondary N) is 1. The van der Waals surface area contributed by atoms with Crippen LogP contribution in [0.3, 0.4) is 0 Å². The van der Waals surface area contributed by atoms with Crippen molar-refractivity contribution < 1.29 is 13.2 Å². The Morgan fingerprint density at radius 3 is 2.38 bits per heavy atom. The van der Waals surface area contributed by atoms with Crippen molar-refractivity contribution in [2.75, 3.05) is 18.1 Å². The fourth-order valence-corrected chi connectivity index (χ4v) is 1.71. The van der Waals surface area contributed by atoms with Gasteiger partial charge in [-0.3, -0.25) is 4.79 Å². The summed E-state index contributed by atoms with van der Waals surface area (Å²) in [6, 6.07) is -0.178. The van der Waals surface area contributed by atoms with Crippen LogP contribution in [0.15, 0.2) is 0 Å². The standard InChI is InChI=1S/C10H22N2O3S/c1-4-16(14,15)6-5-12-10(13)7-9(11)8(2)3/h8-9H,4-7,11H2,1-3H3,(H,12,13). The van der Waals surface area contributed by atoms with E-state index in [1.165, 1.54) is 0 Å². The molecule has 3 N–H and O–H groups in total. The number of nitrogens with two attached hydrogens (primary N) is 1. The van der Waals surface area contributed by atoms with Crippen molar-refractivity contribution in [3.63, 3.8) is 0 Å². The van der Waals surface area contributed by atoms with E-state index in [1.54, 1.807) is 6.92 Å². The first-order valence-corrected chi connectivity index (χ1v) is 7.33. The summed E-state index contributed by atoms with van der Waals surface area (Å²) in [7, 11) is -3.01. The lowest BCUT2D eigenvalue weighted by molar-refractivity contribution is -0.121. The van der Waals surface area contributed by atoms with Crippen LogP contribution in [0.4, 0.5) is 0 Å². The lowest BCUT2D eigenvalue weighted by Crippen LogP contribution is -2.36. The van der Waals surface area contributed by atoms with Crippen molar-refractivity contribution in [1.29, 1.82) is 0 Å². The number of carbonyl (C=O) groups excluding carboxylic acids is 1. The van der Waals surface area contributed by atoms with Gasteiger partial charge in [-0.1, -0.05) is 20.8 Å². The highest BCUT2D eigenvalue weighted by Crippen LogP contribution is 2.02. The Labute approximate surface area is 97.7 Å². The minimum atomic E-state index is -3.01. The lowest BCUT2D eigenvalue weighted by Gasteiger charge is -2.14. The van der Waals surface area contributed by atoms with Gasteiger partial charge in [-0.15, -0.1) is 0 Å². The largest absolute Gasteiger partial charge is 0.355 e. The molecular formula is C10H22N2O3S. The number of amides is 1. The smallest absolute Gasteiger partial charge is 0.221 e. The first-order chi connectivity index (χ1) is 7.28. The van der Waals surface area contributed by atoms with Gasteiger partial charge < -0.3 is 11.1 Å². The second-order valence-electron chi connectivity index (χ2n) is 4.20. The molecule has 16 heavy (non-hydrogen) atoms. The summed E-state index contributed by atoms with van der Waals surface area (Å²) < 4.78 is 22.3. The third-order valence-electron chi connectivity index (χ3n) is 2.45. The van der Waals surface area contributed by atoms with Gasteiger partial charge in [0.05, 0.1) is 5.75 Å². The first kappa shape index (κ1) is 15.4. The van der Waals surface area contributed by atoms with Gasteiger partial charge in [-0.05, 0) is 5.92 Å². The Kier molecular flexibility index (Phi) is 6.59. The normalized spacial score (nSPS) is 13.8. The molecule has 0 saturated heterocycles. The van der Waals surface area contributed by atoms with Gasteiger partial charge in [-0.2, -0.15) is 0 Å². The van der Waals surface area contributed by atoms with Crippen LogP contribution in [0, 0.1) is 5.92 Å². The van der Waals surface area contributed by atoms with Gasteiger partial charge >= 0.3 is 0 Å². The second kappa shape index (κ2) is 6.85. The van der Waals surface area contributed by atoms with Crippen molar-refractivity contribution in [3.8, 4) is 0 Å². The van der Waals surface area contributed by atoms with E-state index < -0.39 is 9.84 Å². The first-order valence-electron chi connectivity index (χ1n) is 5.51. The molecule has 5 nitrogen and oxygen atoms in total. The lowest BCUT2D eigenvalue weighted by atomic mass is 10.0. The molecule has 0 aliphatic carbocycles. The minimum Gasteiger partial charge on any atom is -0.355 e. The summed E-state index contributed by atoms with van der Waals surface area (Å²) >= 11 is 0. The monoisotopic (exact) mass is 250 g/mol. The number of hydrogen-bond donors (Lipinski definition) is 2. The van der Waals surface area contributed by atoms with Gasteiger partial charge in [0, 0.05) is 24.8 Å². The fraction of sp³-hybridized carbons (Fsp3) is 0.900. The molecule has 1 atom stereocenters. The zero-order chi connectivity index (χ0) is 12.8. The van der Waals surface area contributed by atoms with Crippen LogP contribution in [-0.4, -0.2) is 38.4 Å². The molecule has 0 aromatic heterocycles. The molecule has 96 valence electrons. The van der Waals surface area contributed by atoms with E-state index in [9.17, 15) is 13.2 Å². The Bertz CT molecular complexity index is 312. The van der Waals surface area contributed by atoms with Crippen molar-refractivity contribution in [3.05, 3.63) is 0 Å². The molecule has 0 fully saturated rings. The van der Waals surface area contributed by atoms with Gasteiger partial charge in [0.1, 0.15) is 0 Å². The highest BCUT2D eigenvalue weighted by molar-refractivity contribution is 7.91. The molecule has 0 bridgehead atoms. The Balaban J connectivity index is 3.83. The van der Waals surface area contributed by atoms with E-state index in [-0.39, 0.29) is 42.3 Å². The molecule has 0 aliphatic heterocycles. The fourth-order valence-electron chi connectivity index (χ4n) is 1.01. The van der Waals surface area contributed by atoms with E-state index in [4.69, 9.17) is 5.73 Å². The van der Waals surface area contributed by atoms with Gasteiger partial charge in [0.15, 0.2) is 9.84 Å². The molecular weight excluding hydrogens is 228 g/mol. The maximum absolute atomic E-state index is 11.3. The maximum Gasteiger partial charge on any atom is 0.221 e. The SMILES string of the molecule is CCS(=O)(=O)CCNC(=O)CC(N)C(C)C. The predicted molar refractivity (Wildman–Crippen MR) is 64.8 cm³/mol. The molecule has 0 saturated carbocycles. The molecule has 0 radical (unpaired) electrons. The summed E-state index contributed by atoms with van der Waals surface area (Å²) in [5.41, 5.74) is 5.72. The van der Waals surface area contributed by atoms with Crippen LogP contribution in [0.25, 0.3) is 0 Å². The maximum atomic E-state index is 11.3. The van der Waals surface area contributed by atoms with Crippen LogP contribution in [0.5, 0.6) is 0 Å². The number of hydrogen-bond acceptors (Lipinski definition) is 4. The van der Waals surface area contributed by atoms with E-state index in [1.807, 2.05) is 13.8 Å². The summed E-state index contributed by atoms with van der Waals surface area (Å²) in [4.78, 5) is 11.3. The van der Waals surface area contributed by atoms with E-state index in [0.717, 1.165) is 0 Å². The predicted octanol–water partition coefficient (Wildman–Crippen LogP) is -0.0893. The highest BCUT2D eigenvalue weighted by Gasteiger charge is 2.13. The molecule has 1 amide bonds. The molecule has 0 heterocycles. The van der Waals surface area contributed by atoms with Crippen molar-refractivity contribution >= 4 is 15.7 Å². The number of carbonyl (C=O) groups is 1. The van der Waals surface area contributed by atoms with Crippen LogP contribution < -0.4 is 11.1 Å². The third-order valence-corrected chi connectivity index (χ3v) is 4.16. The summed E-state index contributed by atoms with van der Waals surface area (Å²) in [5.74, 6) is 0.151. The van der Waals surface area contributed by atoms with Crippen molar-refractivity contribution in [1.82, 2.24) is 5.32 Å². The molecule has 0 spiro atoms. The Hall–Kier alpha value is -0.620. The number of rotatable bonds is 7. The zero-order valence-electron chi connectivity index (χ0n) is 10.2. The molecule has 0 aliphatic rings. The Morgan fingerprint density at radius 2 is 1.94 bits per heavy atom. The van der Waals surface area contributed by atoms with Crippen LogP contribution in [0.2, 0.25) is 0 Å². The Morgan fingerprint density at radius 1 is 1.38 bits per heavy atom. The zero-order valence-corrected chi connectivity index (χ0v) is 11.0. The van der Waals surface area contributed by atoms with Gasteiger partial charge in [0.2, 0.25) is 5.91 Å². The summed E-state index contributed by atoms with van der Waals surface area (Å²) in [6.07, 6.45) is 0.240. The van der Waals surface area contributed by atoms with Crippen LogP contribution in [-0.2, 0) is 14.6 Å². The van der Waals surface area contributed by atoms with E-state index >= 15 is 0 Å². The quantitative estimate of drug-likeness (QED) is 0.661. The molecule has 0 aromatic rings. The highest BCUT2D eigenvalue weighted by atomic mass is 32.2. The average molecular weight is 250 g/mol. The van der Waals surface area contributed by atoms with Crippen molar-refractivity contribution in [2.45, 2.75) is 33.2 Å². The van der Waals surface area contributed by atoms with E-state index in [0.29, 0.717) is 0 Å². The molecule has 0 rings (SSSR count). The van der Waals surface area contributed by atoms with Crippen molar-refractivity contribution in [2.24, 2.45) is 11.7 Å². The second-order valence-corrected chi connectivity index (χ2v) is 6.67. The molecule has 1 unspecified atom stereocenters. The number of sulfone groups is 1. The van der Waals surface area contributed by atoms with Crippen LogP contribution >= 0.6 is 0 Å². The van der Waals surface area contributed by atoms with Gasteiger partial charge in [0.25, 0.3) is 0 Å². The molecule has 6 heteroatoms. The summed E-state index contributed by atoms with van der Waals surface area (Å²) in [6.45, 7) is 5.64. The minimum absolute atomic E-state index is 0.00778. The van der Waals surface area contributed by atoms with E-state index in [2.05, 4.69) is 5.32 Å². The van der Waals surface area contributed by atoms with Gasteiger partial charge in [-0.25, -0.2) is 8.42 Å². The van der Waals surface area contributed by atoms with Crippen LogP contribution in [0.1, 0.15) is 27.2 Å². The molecule has 0 aromatic carbocycles. The third kappa shape index (κ3) is 6.79. The average Bonchev–Trinajstić information content (AvgIpc) is 2.17. The topological polar surface area (TPSA) is 89.3 Å². The summed E-state index contributed by atoms with van der Waals surface area (Å²) in [5, 5.41) is 2.56.